The van der Waals surface area contributed by atoms with Gasteiger partial charge in [0.25, 0.3) is 0 Å². The molecule has 0 aliphatic carbocycles. The van der Waals surface area contributed by atoms with Crippen LogP contribution in [0.1, 0.15) is 63.0 Å². The molecule has 10 nitrogen and oxygen atoms in total. The molecule has 0 bridgehead atoms. The lowest BCUT2D eigenvalue weighted by Gasteiger charge is -2.28. The third-order valence-electron chi connectivity index (χ3n) is 9.25. The molecule has 1 saturated heterocycles. The molecule has 1 fully saturated rings. The number of aromatic nitrogens is 3. The van der Waals surface area contributed by atoms with Gasteiger partial charge in [-0.2, -0.15) is 0 Å². The van der Waals surface area contributed by atoms with Crippen LogP contribution >= 0.6 is 22.9 Å². The van der Waals surface area contributed by atoms with Crippen molar-refractivity contribution >= 4 is 46.2 Å². The van der Waals surface area contributed by atoms with Crippen LogP contribution in [0.15, 0.2) is 65.7 Å². The second kappa shape index (κ2) is 13.5. The number of benzene rings is 2. The van der Waals surface area contributed by atoms with Gasteiger partial charge in [-0.3, -0.25) is 23.9 Å². The molecule has 6 rings (SSSR count). The molecule has 3 atom stereocenters. The van der Waals surface area contributed by atoms with Crippen LogP contribution in [0.3, 0.4) is 0 Å². The first-order valence-corrected chi connectivity index (χ1v) is 16.9. The van der Waals surface area contributed by atoms with Gasteiger partial charge in [0.2, 0.25) is 11.8 Å². The Labute approximate surface area is 288 Å². The maximum absolute atomic E-state index is 14.0. The summed E-state index contributed by atoms with van der Waals surface area (Å²) in [5.41, 5.74) is 4.28. The third kappa shape index (κ3) is 6.32. The van der Waals surface area contributed by atoms with E-state index in [2.05, 4.69) is 24.0 Å². The van der Waals surface area contributed by atoms with Crippen LogP contribution in [-0.4, -0.2) is 81.2 Å². The van der Waals surface area contributed by atoms with Gasteiger partial charge in [0.1, 0.15) is 22.6 Å². The van der Waals surface area contributed by atoms with Crippen LogP contribution in [0, 0.1) is 26.7 Å². The van der Waals surface area contributed by atoms with Crippen LogP contribution in [0.2, 0.25) is 5.02 Å². The van der Waals surface area contributed by atoms with Crippen molar-refractivity contribution in [3.8, 4) is 10.8 Å². The van der Waals surface area contributed by atoms with E-state index in [0.717, 1.165) is 33.2 Å². The fraction of sp³-hybridized carbons (Fsp3) is 0.333. The van der Waals surface area contributed by atoms with Crippen molar-refractivity contribution < 1.29 is 19.1 Å². The van der Waals surface area contributed by atoms with Gasteiger partial charge in [0.05, 0.1) is 25.3 Å². The van der Waals surface area contributed by atoms with Crippen LogP contribution < -0.4 is 4.74 Å². The second-order valence-electron chi connectivity index (χ2n) is 12.3. The molecule has 4 heterocycles. The molecule has 2 aromatic heterocycles. The number of aryl methyl sites for hydroxylation is 2. The predicted molar refractivity (Wildman–Crippen MR) is 187 cm³/mol. The zero-order chi connectivity index (χ0) is 34.3. The van der Waals surface area contributed by atoms with Crippen LogP contribution in [0.5, 0.6) is 5.75 Å². The summed E-state index contributed by atoms with van der Waals surface area (Å²) < 4.78 is 7.18. The number of carbonyl (C=O) groups is 3. The van der Waals surface area contributed by atoms with Crippen molar-refractivity contribution in [3.63, 3.8) is 0 Å². The molecule has 0 saturated carbocycles. The number of likely N-dealkylation sites (tertiary alicyclic amines) is 1. The van der Waals surface area contributed by atoms with E-state index in [9.17, 15) is 14.4 Å². The van der Waals surface area contributed by atoms with E-state index >= 15 is 0 Å². The molecule has 0 unspecified atom stereocenters. The summed E-state index contributed by atoms with van der Waals surface area (Å²) in [6, 6.07) is 13.5. The first-order chi connectivity index (χ1) is 23.0. The molecule has 0 radical (unpaired) electrons. The number of methoxy groups -OCH3 is 1. The Morgan fingerprint density at radius 2 is 1.73 bits per heavy atom. The van der Waals surface area contributed by atoms with Gasteiger partial charge in [0.15, 0.2) is 11.6 Å². The van der Waals surface area contributed by atoms with Gasteiger partial charge < -0.3 is 14.5 Å². The van der Waals surface area contributed by atoms with E-state index < -0.39 is 6.04 Å². The topological polar surface area (TPSA) is 110 Å². The van der Waals surface area contributed by atoms with Crippen molar-refractivity contribution in [2.45, 2.75) is 46.2 Å². The fourth-order valence-electron chi connectivity index (χ4n) is 6.36. The summed E-state index contributed by atoms with van der Waals surface area (Å²) in [6.07, 6.45) is 2.67. The number of ether oxygens (including phenoxy) is 1. The number of aliphatic imine (C=N–C) groups is 1. The number of fused-ring (bicyclic) bond motifs is 3. The SMILES string of the molecule is COc1ccc(C(=O)/C=C/C(=O)N2C[C@@H](N(C)C(=O)C[C@@H]3N=C(c4ccc(Cl)cc4)c4c(sc(C)c4C)-n4c(C)nnc43)[C@@H](C)C2)cc1. The maximum Gasteiger partial charge on any atom is 0.246 e. The molecular formula is C36H37ClN6O4S. The highest BCUT2D eigenvalue weighted by molar-refractivity contribution is 7.15. The second-order valence-corrected chi connectivity index (χ2v) is 14.0. The Bertz CT molecular complexity index is 1950. The molecule has 4 aromatic rings. The number of carbonyl (C=O) groups excluding carboxylic acids is 3. The minimum Gasteiger partial charge on any atom is -0.497 e. The highest BCUT2D eigenvalue weighted by Crippen LogP contribution is 2.40. The number of amides is 2. The largest absolute Gasteiger partial charge is 0.497 e. The quantitative estimate of drug-likeness (QED) is 0.168. The van der Waals surface area contributed by atoms with E-state index in [1.54, 1.807) is 59.6 Å². The number of likely N-dealkylation sites (N-methyl/N-ethyl adjacent to an activating group) is 1. The van der Waals surface area contributed by atoms with Gasteiger partial charge in [-0.15, -0.1) is 21.5 Å². The molecule has 12 heteroatoms. The highest BCUT2D eigenvalue weighted by atomic mass is 35.5. The third-order valence-corrected chi connectivity index (χ3v) is 10.7. The lowest BCUT2D eigenvalue weighted by Crippen LogP contribution is -2.42. The summed E-state index contributed by atoms with van der Waals surface area (Å²) in [5, 5.41) is 10.5. The number of ketones is 1. The number of thiophene rings is 1. The van der Waals surface area contributed by atoms with E-state index in [-0.39, 0.29) is 36.0 Å². The predicted octanol–water partition coefficient (Wildman–Crippen LogP) is 5.94. The number of nitrogens with zero attached hydrogens (tertiary/aromatic N) is 6. The maximum atomic E-state index is 14.0. The number of hydrogen-bond acceptors (Lipinski definition) is 8. The van der Waals surface area contributed by atoms with E-state index in [4.69, 9.17) is 21.3 Å². The van der Waals surface area contributed by atoms with Crippen LogP contribution in [0.25, 0.3) is 5.00 Å². The van der Waals surface area contributed by atoms with Gasteiger partial charge in [-0.25, -0.2) is 0 Å². The van der Waals surface area contributed by atoms with Crippen molar-refractivity contribution in [1.29, 1.82) is 0 Å². The molecule has 2 amide bonds. The standard InChI is InChI=1S/C36H37ClN6O4S/c1-20-18-42(31(45)16-15-30(44)24-9-13-27(47-6)14-10-24)19-29(20)41(5)32(46)17-28-35-40-39-23(4)43(35)36-33(21(2)22(3)48-36)34(38-28)25-7-11-26(37)12-8-25/h7-16,20,28-29H,17-19H2,1-6H3/b16-15+/t20-,28-,29+/m0/s1. The Hall–Kier alpha value is -4.61. The van der Waals surface area contributed by atoms with Crippen molar-refractivity contribution in [3.05, 3.63) is 104 Å². The number of halogens is 1. The van der Waals surface area contributed by atoms with Crippen molar-refractivity contribution in [2.75, 3.05) is 27.2 Å². The zero-order valence-electron chi connectivity index (χ0n) is 27.7. The number of rotatable bonds is 8. The lowest BCUT2D eigenvalue weighted by atomic mass is 9.99. The van der Waals surface area contributed by atoms with Crippen molar-refractivity contribution in [2.24, 2.45) is 10.9 Å². The summed E-state index contributed by atoms with van der Waals surface area (Å²) in [7, 11) is 3.34. The average molecular weight is 685 g/mol. The molecule has 2 aromatic carbocycles. The molecule has 0 N–H and O–H groups in total. The lowest BCUT2D eigenvalue weighted by molar-refractivity contribution is -0.133. The average Bonchev–Trinajstić information content (AvgIpc) is 3.72. The van der Waals surface area contributed by atoms with E-state index in [0.29, 0.717) is 35.2 Å². The smallest absolute Gasteiger partial charge is 0.246 e. The van der Waals surface area contributed by atoms with E-state index in [1.807, 2.05) is 42.7 Å². The molecule has 2 aliphatic rings. The Kier molecular flexibility index (Phi) is 9.35. The first kappa shape index (κ1) is 33.3. The number of hydrogen-bond donors (Lipinski definition) is 0. The highest BCUT2D eigenvalue weighted by Gasteiger charge is 2.38. The minimum atomic E-state index is -0.590. The minimum absolute atomic E-state index is 0.0272. The summed E-state index contributed by atoms with van der Waals surface area (Å²) in [5.74, 6) is 1.36. The summed E-state index contributed by atoms with van der Waals surface area (Å²) in [4.78, 5) is 49.5. The van der Waals surface area contributed by atoms with Gasteiger partial charge in [0, 0.05) is 52.8 Å². The molecule has 248 valence electrons. The Morgan fingerprint density at radius 1 is 1.02 bits per heavy atom. The van der Waals surface area contributed by atoms with Crippen LogP contribution in [0.4, 0.5) is 0 Å². The van der Waals surface area contributed by atoms with Gasteiger partial charge >= 0.3 is 0 Å². The van der Waals surface area contributed by atoms with Crippen molar-refractivity contribution in [1.82, 2.24) is 24.6 Å². The molecule has 2 aliphatic heterocycles. The Morgan fingerprint density at radius 3 is 2.42 bits per heavy atom. The van der Waals surface area contributed by atoms with E-state index in [1.165, 1.54) is 17.0 Å². The molecule has 48 heavy (non-hydrogen) atoms. The molecular weight excluding hydrogens is 648 g/mol. The normalized spacial score (nSPS) is 18.7. The summed E-state index contributed by atoms with van der Waals surface area (Å²) in [6.45, 7) is 8.95. The molecule has 0 spiro atoms. The van der Waals surface area contributed by atoms with Crippen LogP contribution in [-0.2, 0) is 9.59 Å². The Balaban J connectivity index is 1.21. The monoisotopic (exact) mass is 684 g/mol. The zero-order valence-corrected chi connectivity index (χ0v) is 29.3. The fourth-order valence-corrected chi connectivity index (χ4v) is 7.70. The first-order valence-electron chi connectivity index (χ1n) is 15.7. The number of allylic oxidation sites excluding steroid dienone is 1. The van der Waals surface area contributed by atoms with Gasteiger partial charge in [-0.1, -0.05) is 30.7 Å². The summed E-state index contributed by atoms with van der Waals surface area (Å²) >= 11 is 7.90. The van der Waals surface area contributed by atoms with Gasteiger partial charge in [-0.05, 0) is 74.7 Å².